The summed E-state index contributed by atoms with van der Waals surface area (Å²) in [7, 11) is 0. The van der Waals surface area contributed by atoms with Crippen LogP contribution in [0.1, 0.15) is 5.76 Å². The van der Waals surface area contributed by atoms with Crippen LogP contribution in [0.25, 0.3) is 21.4 Å². The van der Waals surface area contributed by atoms with Crippen LogP contribution in [0.3, 0.4) is 0 Å². The van der Waals surface area contributed by atoms with Crippen LogP contribution in [0.4, 0.5) is 4.39 Å². The highest BCUT2D eigenvalue weighted by Gasteiger charge is 2.04. The van der Waals surface area contributed by atoms with Crippen molar-refractivity contribution in [3.63, 3.8) is 0 Å². The molecule has 1 aromatic heterocycles. The minimum Gasteiger partial charge on any atom is -0.460 e. The molecule has 0 bridgehead atoms. The fraction of sp³-hybridized carbons (Fsp3) is 0.200. The Kier molecular flexibility index (Phi) is 2.56. The second kappa shape index (κ2) is 4.02. The van der Waals surface area contributed by atoms with Gasteiger partial charge in [-0.2, -0.15) is 0 Å². The number of benzene rings is 1. The molecular weight excluding hydrogens is 197 g/mol. The van der Waals surface area contributed by atoms with Gasteiger partial charge in [-0.3, -0.25) is 0 Å². The second-order valence-corrected chi connectivity index (χ2v) is 3.02. The van der Waals surface area contributed by atoms with E-state index in [1.807, 2.05) is 0 Å². The highest BCUT2D eigenvalue weighted by Crippen LogP contribution is 2.20. The topological polar surface area (TPSA) is 61.9 Å². The summed E-state index contributed by atoms with van der Waals surface area (Å²) in [5.41, 5.74) is 8.61. The van der Waals surface area contributed by atoms with Gasteiger partial charge in [0.25, 0.3) is 0 Å². The molecule has 0 amide bonds. The minimum absolute atomic E-state index is 0.332. The molecule has 0 fully saturated rings. The van der Waals surface area contributed by atoms with E-state index in [4.69, 9.17) is 9.95 Å². The number of rotatable bonds is 3. The Morgan fingerprint density at radius 2 is 2.40 bits per heavy atom. The highest BCUT2D eigenvalue weighted by atomic mass is 19.1. The maximum atomic E-state index is 12.8. The van der Waals surface area contributed by atoms with Crippen molar-refractivity contribution >= 4 is 11.0 Å². The monoisotopic (exact) mass is 204 g/mol. The first-order valence-corrected chi connectivity index (χ1v) is 4.40. The number of azide groups is 1. The third-order valence-corrected chi connectivity index (χ3v) is 1.97. The summed E-state index contributed by atoms with van der Waals surface area (Å²) in [5, 5.41) is 4.06. The van der Waals surface area contributed by atoms with Crippen LogP contribution in [0.2, 0.25) is 0 Å². The van der Waals surface area contributed by atoms with Gasteiger partial charge in [0.05, 0.1) is 0 Å². The van der Waals surface area contributed by atoms with Crippen LogP contribution >= 0.6 is 0 Å². The first-order valence-electron chi connectivity index (χ1n) is 4.40. The summed E-state index contributed by atoms with van der Waals surface area (Å²) in [6.07, 6.45) is 0.508. The summed E-state index contributed by atoms with van der Waals surface area (Å²) < 4.78 is 18.2. The number of hydrogen-bond donors (Lipinski definition) is 0. The van der Waals surface area contributed by atoms with E-state index in [9.17, 15) is 4.39 Å². The van der Waals surface area contributed by atoms with Gasteiger partial charge in [-0.25, -0.2) is 4.39 Å². The van der Waals surface area contributed by atoms with Gasteiger partial charge in [-0.15, -0.1) is 0 Å². The molecule has 1 radical (unpaired) electrons. The van der Waals surface area contributed by atoms with Crippen LogP contribution in [0.15, 0.2) is 27.7 Å². The zero-order valence-electron chi connectivity index (χ0n) is 7.77. The molecule has 2 rings (SSSR count). The van der Waals surface area contributed by atoms with Crippen LogP contribution in [0, 0.1) is 11.9 Å². The zero-order valence-corrected chi connectivity index (χ0v) is 7.77. The lowest BCUT2D eigenvalue weighted by molar-refractivity contribution is 0.548. The molecule has 0 aliphatic heterocycles. The molecule has 5 heteroatoms. The Morgan fingerprint density at radius 1 is 1.53 bits per heavy atom. The van der Waals surface area contributed by atoms with Crippen molar-refractivity contribution in [2.75, 3.05) is 6.54 Å². The quantitative estimate of drug-likeness (QED) is 0.430. The Bertz CT molecular complexity index is 528. The first kappa shape index (κ1) is 9.55. The van der Waals surface area contributed by atoms with Crippen LogP contribution in [0.5, 0.6) is 0 Å². The van der Waals surface area contributed by atoms with Crippen molar-refractivity contribution in [1.29, 1.82) is 0 Å². The van der Waals surface area contributed by atoms with Gasteiger partial charge in [0.15, 0.2) is 0 Å². The Labute approximate surface area is 84.9 Å². The molecule has 2 aromatic rings. The lowest BCUT2D eigenvalue weighted by atomic mass is 10.2. The average Bonchev–Trinajstić information content (AvgIpc) is 2.60. The smallest absolute Gasteiger partial charge is 0.142 e. The molecule has 0 atom stereocenters. The molecule has 0 saturated carbocycles. The van der Waals surface area contributed by atoms with Gasteiger partial charge in [-0.05, 0) is 23.7 Å². The fourth-order valence-electron chi connectivity index (χ4n) is 1.33. The van der Waals surface area contributed by atoms with Crippen LogP contribution in [-0.2, 0) is 6.42 Å². The lowest BCUT2D eigenvalue weighted by Crippen LogP contribution is -1.83. The Hall–Kier alpha value is -2.00. The number of furan rings is 1. The molecule has 75 valence electrons. The van der Waals surface area contributed by atoms with E-state index >= 15 is 0 Å². The van der Waals surface area contributed by atoms with Gasteiger partial charge >= 0.3 is 0 Å². The van der Waals surface area contributed by atoms with E-state index < -0.39 is 0 Å². The van der Waals surface area contributed by atoms with Crippen molar-refractivity contribution in [3.05, 3.63) is 46.3 Å². The number of nitrogens with zero attached hydrogens (tertiary/aromatic N) is 3. The average molecular weight is 204 g/mol. The van der Waals surface area contributed by atoms with Crippen molar-refractivity contribution in [3.8, 4) is 0 Å². The number of fused-ring (bicyclic) bond motifs is 1. The van der Waals surface area contributed by atoms with E-state index in [0.29, 0.717) is 29.7 Å². The lowest BCUT2D eigenvalue weighted by Gasteiger charge is -1.88. The van der Waals surface area contributed by atoms with Crippen molar-refractivity contribution in [2.24, 2.45) is 5.11 Å². The predicted molar refractivity (Wildman–Crippen MR) is 52.7 cm³/mol. The molecule has 15 heavy (non-hydrogen) atoms. The molecule has 1 heterocycles. The van der Waals surface area contributed by atoms with E-state index in [2.05, 4.69) is 16.1 Å². The van der Waals surface area contributed by atoms with Gasteiger partial charge in [0, 0.05) is 29.3 Å². The number of halogens is 1. The molecule has 1 aromatic carbocycles. The summed E-state index contributed by atoms with van der Waals surface area (Å²) in [5.74, 6) is 0.323. The summed E-state index contributed by atoms with van der Waals surface area (Å²) in [6.45, 7) is 0.332. The van der Waals surface area contributed by atoms with E-state index in [1.54, 1.807) is 6.07 Å². The Balaban J connectivity index is 2.26. The molecule has 4 nitrogen and oxygen atoms in total. The van der Waals surface area contributed by atoms with Gasteiger partial charge < -0.3 is 4.42 Å². The standard InChI is InChI=1S/C10H7FN3O/c11-8-1-2-10-7(5-8)6-9(15-10)3-4-13-14-12/h1,5-6H,3-4H2. The van der Waals surface area contributed by atoms with E-state index in [0.717, 1.165) is 0 Å². The third kappa shape index (κ3) is 2.08. The summed E-state index contributed by atoms with van der Waals surface area (Å²) in [4.78, 5) is 2.63. The molecule has 0 aliphatic carbocycles. The van der Waals surface area contributed by atoms with E-state index in [-0.39, 0.29) is 5.82 Å². The number of hydrogen-bond acceptors (Lipinski definition) is 2. The van der Waals surface area contributed by atoms with E-state index in [1.165, 1.54) is 12.1 Å². The van der Waals surface area contributed by atoms with Gasteiger partial charge in [0.2, 0.25) is 0 Å². The maximum Gasteiger partial charge on any atom is 0.142 e. The molecule has 0 saturated heterocycles. The van der Waals surface area contributed by atoms with Crippen molar-refractivity contribution in [2.45, 2.75) is 6.42 Å². The predicted octanol–water partition coefficient (Wildman–Crippen LogP) is 3.22. The minimum atomic E-state index is -0.343. The fourth-order valence-corrected chi connectivity index (χ4v) is 1.33. The zero-order chi connectivity index (χ0) is 10.7. The second-order valence-electron chi connectivity index (χ2n) is 3.02. The Morgan fingerprint density at radius 3 is 3.20 bits per heavy atom. The molecule has 0 spiro atoms. The SMILES string of the molecule is [N-]=[N+]=NCCc1cc2cc(F)c[c]c2o1. The first-order chi connectivity index (χ1) is 7.29. The highest BCUT2D eigenvalue weighted by molar-refractivity contribution is 5.77. The van der Waals surface area contributed by atoms with Crippen LogP contribution < -0.4 is 0 Å². The summed E-state index contributed by atoms with van der Waals surface area (Å²) >= 11 is 0. The van der Waals surface area contributed by atoms with Crippen LogP contribution in [-0.4, -0.2) is 6.54 Å². The summed E-state index contributed by atoms with van der Waals surface area (Å²) in [6, 6.07) is 7.02. The van der Waals surface area contributed by atoms with Gasteiger partial charge in [-0.1, -0.05) is 5.11 Å². The third-order valence-electron chi connectivity index (χ3n) is 1.97. The van der Waals surface area contributed by atoms with Crippen molar-refractivity contribution < 1.29 is 8.81 Å². The van der Waals surface area contributed by atoms with Crippen molar-refractivity contribution in [1.82, 2.24) is 0 Å². The normalized spacial score (nSPS) is 10.2. The molecular formula is C10H7FN3O. The largest absolute Gasteiger partial charge is 0.460 e. The molecule has 0 aliphatic rings. The maximum absolute atomic E-state index is 12.8. The van der Waals surface area contributed by atoms with Gasteiger partial charge in [0.1, 0.15) is 17.2 Å². The molecule has 0 unspecified atom stereocenters. The molecule has 0 N–H and O–H groups in total.